The molecule has 1 unspecified atom stereocenters. The molecule has 0 aromatic rings. The highest BCUT2D eigenvalue weighted by molar-refractivity contribution is 6.11. The molecule has 1 atom stereocenters. The van der Waals surface area contributed by atoms with Crippen molar-refractivity contribution in [2.45, 2.75) is 6.92 Å². The van der Waals surface area contributed by atoms with E-state index in [4.69, 9.17) is 0 Å². The monoisotopic (exact) mass is 159 g/mol. The largest absolute Gasteiger partial charge is 0.269 e. The van der Waals surface area contributed by atoms with Crippen LogP contribution in [-0.4, -0.2) is 11.6 Å². The lowest BCUT2D eigenvalue weighted by Crippen LogP contribution is -2.16. The maximum absolute atomic E-state index is 10.9. The summed E-state index contributed by atoms with van der Waals surface area (Å²) in [6.45, 7) is 2.00. The Morgan fingerprint density at radius 3 is 2.92 bits per heavy atom. The van der Waals surface area contributed by atoms with Crippen molar-refractivity contribution in [1.82, 2.24) is 0 Å². The number of dihydropyridines is 1. The third-order valence-electron chi connectivity index (χ3n) is 1.97. The molecule has 0 aromatic carbocycles. The lowest BCUT2D eigenvalue weighted by atomic mass is 9.93. The first-order valence-corrected chi connectivity index (χ1v) is 3.93. The summed E-state index contributed by atoms with van der Waals surface area (Å²) in [6, 6.07) is 0. The lowest BCUT2D eigenvalue weighted by molar-refractivity contribution is -0.113. The third-order valence-corrected chi connectivity index (χ3v) is 1.97. The molecule has 2 nitrogen and oxygen atoms in total. The van der Waals surface area contributed by atoms with E-state index in [0.717, 1.165) is 11.3 Å². The number of hydrogen-bond donors (Lipinski definition) is 0. The first-order valence-electron chi connectivity index (χ1n) is 3.93. The Morgan fingerprint density at radius 2 is 2.08 bits per heavy atom. The normalized spacial score (nSPS) is 26.4. The molecule has 1 aliphatic heterocycles. The standard InChI is InChI=1S/C10H9NO/c1-7-2-3-8-4-5-10(12)11-9(8)6-7/h2-6,8H,1H3. The summed E-state index contributed by atoms with van der Waals surface area (Å²) in [6.07, 6.45) is 9.45. The van der Waals surface area contributed by atoms with Crippen molar-refractivity contribution in [1.29, 1.82) is 0 Å². The van der Waals surface area contributed by atoms with Crippen LogP contribution in [0.2, 0.25) is 0 Å². The minimum atomic E-state index is -0.152. The Bertz CT molecular complexity index is 345. The molecule has 0 spiro atoms. The minimum absolute atomic E-state index is 0.152. The zero-order valence-electron chi connectivity index (χ0n) is 6.82. The topological polar surface area (TPSA) is 29.4 Å². The molecule has 2 rings (SSSR count). The fraction of sp³-hybridized carbons (Fsp3) is 0.200. The Labute approximate surface area is 71.0 Å². The molecule has 60 valence electrons. The van der Waals surface area contributed by atoms with Crippen LogP contribution in [0.4, 0.5) is 0 Å². The van der Waals surface area contributed by atoms with Crippen molar-refractivity contribution in [2.24, 2.45) is 10.9 Å². The van der Waals surface area contributed by atoms with Gasteiger partial charge in [0, 0.05) is 12.0 Å². The van der Waals surface area contributed by atoms with Gasteiger partial charge in [0.2, 0.25) is 0 Å². The van der Waals surface area contributed by atoms with Gasteiger partial charge in [-0.05, 0) is 18.6 Å². The fourth-order valence-electron chi connectivity index (χ4n) is 1.35. The molecular formula is C10H9NO. The van der Waals surface area contributed by atoms with Gasteiger partial charge in [-0.15, -0.1) is 0 Å². The predicted octanol–water partition coefficient (Wildman–Crippen LogP) is 1.66. The molecule has 2 aliphatic rings. The molecule has 0 saturated heterocycles. The van der Waals surface area contributed by atoms with Gasteiger partial charge in [-0.1, -0.05) is 18.2 Å². The number of hydrogen-bond acceptors (Lipinski definition) is 1. The smallest absolute Gasteiger partial charge is 0.267 e. The summed E-state index contributed by atoms with van der Waals surface area (Å²) < 4.78 is 0. The second kappa shape index (κ2) is 2.55. The van der Waals surface area contributed by atoms with E-state index in [0.29, 0.717) is 0 Å². The van der Waals surface area contributed by atoms with Crippen LogP contribution in [0.25, 0.3) is 0 Å². The molecule has 1 aliphatic carbocycles. The summed E-state index contributed by atoms with van der Waals surface area (Å²) in [4.78, 5) is 14.8. The highest BCUT2D eigenvalue weighted by Crippen LogP contribution is 2.18. The first-order chi connectivity index (χ1) is 5.75. The highest BCUT2D eigenvalue weighted by atomic mass is 16.1. The van der Waals surface area contributed by atoms with Gasteiger partial charge in [0.15, 0.2) is 0 Å². The summed E-state index contributed by atoms with van der Waals surface area (Å²) in [5.41, 5.74) is 2.01. The average Bonchev–Trinajstić information content (AvgIpc) is 2.03. The van der Waals surface area contributed by atoms with Gasteiger partial charge >= 0.3 is 0 Å². The number of carbonyl (C=O) groups excluding carboxylic acids is 1. The summed E-state index contributed by atoms with van der Waals surface area (Å²) in [7, 11) is 0. The van der Waals surface area contributed by atoms with Crippen molar-refractivity contribution < 1.29 is 4.79 Å². The number of amides is 1. The fourth-order valence-corrected chi connectivity index (χ4v) is 1.35. The van der Waals surface area contributed by atoms with Crippen LogP contribution in [0.3, 0.4) is 0 Å². The van der Waals surface area contributed by atoms with Gasteiger partial charge in [-0.3, -0.25) is 4.79 Å². The number of aliphatic imine (C=N–C) groups is 1. The quantitative estimate of drug-likeness (QED) is 0.528. The van der Waals surface area contributed by atoms with Gasteiger partial charge < -0.3 is 0 Å². The van der Waals surface area contributed by atoms with Crippen LogP contribution in [0, 0.1) is 5.92 Å². The maximum atomic E-state index is 10.9. The number of allylic oxidation sites excluding steroid dienone is 5. The van der Waals surface area contributed by atoms with Crippen LogP contribution < -0.4 is 0 Å². The molecule has 1 heterocycles. The average molecular weight is 159 g/mol. The number of carbonyl (C=O) groups is 1. The molecule has 0 fully saturated rings. The van der Waals surface area contributed by atoms with Gasteiger partial charge in [0.05, 0.1) is 5.71 Å². The van der Waals surface area contributed by atoms with Crippen LogP contribution in [0.15, 0.2) is 40.9 Å². The van der Waals surface area contributed by atoms with Crippen LogP contribution in [0.1, 0.15) is 6.92 Å². The van der Waals surface area contributed by atoms with Crippen LogP contribution in [-0.2, 0) is 4.79 Å². The minimum Gasteiger partial charge on any atom is -0.267 e. The maximum Gasteiger partial charge on any atom is 0.269 e. The molecule has 12 heavy (non-hydrogen) atoms. The first kappa shape index (κ1) is 7.22. The van der Waals surface area contributed by atoms with Crippen molar-refractivity contribution in [2.75, 3.05) is 0 Å². The second-order valence-electron chi connectivity index (χ2n) is 3.01. The molecule has 0 bridgehead atoms. The summed E-state index contributed by atoms with van der Waals surface area (Å²) in [5.74, 6) is 0.0620. The third kappa shape index (κ3) is 1.16. The zero-order chi connectivity index (χ0) is 8.55. The Hall–Kier alpha value is -1.44. The highest BCUT2D eigenvalue weighted by Gasteiger charge is 2.16. The van der Waals surface area contributed by atoms with E-state index in [-0.39, 0.29) is 11.8 Å². The van der Waals surface area contributed by atoms with Crippen molar-refractivity contribution in [3.63, 3.8) is 0 Å². The van der Waals surface area contributed by atoms with Crippen LogP contribution in [0.5, 0.6) is 0 Å². The molecule has 0 saturated carbocycles. The van der Waals surface area contributed by atoms with E-state index in [2.05, 4.69) is 11.1 Å². The summed E-state index contributed by atoms with van der Waals surface area (Å²) in [5, 5.41) is 0. The van der Waals surface area contributed by atoms with E-state index >= 15 is 0 Å². The Kier molecular flexibility index (Phi) is 1.54. The molecule has 0 N–H and O–H groups in total. The molecular weight excluding hydrogens is 150 g/mol. The molecule has 1 amide bonds. The lowest BCUT2D eigenvalue weighted by Gasteiger charge is -2.15. The molecule has 2 heteroatoms. The second-order valence-corrected chi connectivity index (χ2v) is 3.01. The summed E-state index contributed by atoms with van der Waals surface area (Å²) >= 11 is 0. The van der Waals surface area contributed by atoms with Gasteiger partial charge in [0.25, 0.3) is 5.91 Å². The van der Waals surface area contributed by atoms with E-state index in [1.54, 1.807) is 0 Å². The zero-order valence-corrected chi connectivity index (χ0v) is 6.82. The van der Waals surface area contributed by atoms with Crippen LogP contribution >= 0.6 is 0 Å². The van der Waals surface area contributed by atoms with Gasteiger partial charge in [0.1, 0.15) is 0 Å². The molecule has 0 radical (unpaired) electrons. The van der Waals surface area contributed by atoms with E-state index in [9.17, 15) is 4.79 Å². The number of nitrogens with zero attached hydrogens (tertiary/aromatic N) is 1. The van der Waals surface area contributed by atoms with E-state index < -0.39 is 0 Å². The van der Waals surface area contributed by atoms with Gasteiger partial charge in [-0.2, -0.15) is 0 Å². The Morgan fingerprint density at radius 1 is 1.33 bits per heavy atom. The van der Waals surface area contributed by atoms with Crippen molar-refractivity contribution >= 4 is 11.6 Å². The number of rotatable bonds is 0. The van der Waals surface area contributed by atoms with Crippen molar-refractivity contribution in [3.05, 3.63) is 36.0 Å². The molecule has 0 aromatic heterocycles. The predicted molar refractivity (Wildman–Crippen MR) is 48.0 cm³/mol. The Balaban J connectivity index is 2.40. The number of fused-ring (bicyclic) bond motifs is 1. The van der Waals surface area contributed by atoms with E-state index in [1.165, 1.54) is 6.08 Å². The van der Waals surface area contributed by atoms with Gasteiger partial charge in [-0.25, -0.2) is 4.99 Å². The van der Waals surface area contributed by atoms with Crippen molar-refractivity contribution in [3.8, 4) is 0 Å². The van der Waals surface area contributed by atoms with E-state index in [1.807, 2.05) is 25.2 Å². The SMILES string of the molecule is CC1=CC2=NC(=O)C=CC2C=C1.